The number of hydrogen-bond acceptors (Lipinski definition) is 6. The van der Waals surface area contributed by atoms with E-state index in [0.29, 0.717) is 31.9 Å². The quantitative estimate of drug-likeness (QED) is 0.423. The monoisotopic (exact) mass is 401 g/mol. The van der Waals surface area contributed by atoms with Crippen LogP contribution in [0.3, 0.4) is 0 Å². The van der Waals surface area contributed by atoms with Crippen molar-refractivity contribution in [3.8, 4) is 0 Å². The molecule has 2 aliphatic rings. The Bertz CT molecular complexity index is 783. The van der Waals surface area contributed by atoms with Crippen LogP contribution in [-0.2, 0) is 16.1 Å². The normalized spacial score (nSPS) is 18.2. The van der Waals surface area contributed by atoms with E-state index >= 15 is 0 Å². The SMILES string of the molecule is O=C(C1=CSNN1)N1CCN(C(=O)c2ccc(NS(=O)O)c(F)c2)CC1. The van der Waals surface area contributed by atoms with Crippen LogP contribution in [0.4, 0.5) is 10.1 Å². The highest BCUT2D eigenvalue weighted by Gasteiger charge is 2.27. The van der Waals surface area contributed by atoms with E-state index in [1.54, 1.807) is 15.2 Å². The maximum absolute atomic E-state index is 13.9. The standard InChI is InChI=1S/C14H16FN5O4S2/c15-10-7-9(1-2-11(10)17-26(23)24)13(21)19-3-5-20(6-4-19)14(22)12-8-25-18-16-12/h1-2,7-8,16-18H,3-6H2,(H,23,24). The fraction of sp³-hybridized carbons (Fsp3) is 0.286. The Morgan fingerprint density at radius 3 is 2.38 bits per heavy atom. The van der Waals surface area contributed by atoms with Gasteiger partial charge in [-0.2, -0.15) is 4.83 Å². The maximum Gasteiger partial charge on any atom is 0.272 e. The van der Waals surface area contributed by atoms with Gasteiger partial charge in [-0.1, -0.05) is 0 Å². The number of benzene rings is 1. The van der Waals surface area contributed by atoms with Crippen molar-refractivity contribution >= 4 is 40.7 Å². The molecule has 4 N–H and O–H groups in total. The third-order valence-corrected chi connectivity index (χ3v) is 4.89. The van der Waals surface area contributed by atoms with Gasteiger partial charge in [-0.3, -0.25) is 18.9 Å². The summed E-state index contributed by atoms with van der Waals surface area (Å²) in [4.78, 5) is 30.7. The van der Waals surface area contributed by atoms with Crippen molar-refractivity contribution in [1.29, 1.82) is 0 Å². The van der Waals surface area contributed by atoms with E-state index in [-0.39, 0.29) is 23.1 Å². The molecular weight excluding hydrogens is 385 g/mol. The zero-order chi connectivity index (χ0) is 18.7. The lowest BCUT2D eigenvalue weighted by atomic mass is 10.1. The summed E-state index contributed by atoms with van der Waals surface area (Å²) in [7, 11) is 0. The van der Waals surface area contributed by atoms with Crippen LogP contribution in [0, 0.1) is 5.82 Å². The lowest BCUT2D eigenvalue weighted by Gasteiger charge is -2.35. The molecule has 0 aliphatic carbocycles. The van der Waals surface area contributed by atoms with Gasteiger partial charge >= 0.3 is 0 Å². The van der Waals surface area contributed by atoms with Crippen molar-refractivity contribution in [3.63, 3.8) is 0 Å². The number of hydrogen-bond donors (Lipinski definition) is 4. The van der Waals surface area contributed by atoms with E-state index in [0.717, 1.165) is 6.07 Å². The summed E-state index contributed by atoms with van der Waals surface area (Å²) >= 11 is -1.12. The Morgan fingerprint density at radius 2 is 1.85 bits per heavy atom. The van der Waals surface area contributed by atoms with Gasteiger partial charge in [0.25, 0.3) is 23.1 Å². The van der Waals surface area contributed by atoms with Crippen molar-refractivity contribution < 1.29 is 22.7 Å². The lowest BCUT2D eigenvalue weighted by molar-refractivity contribution is -0.129. The zero-order valence-corrected chi connectivity index (χ0v) is 15.0. The van der Waals surface area contributed by atoms with E-state index in [1.165, 1.54) is 24.1 Å². The molecule has 0 radical (unpaired) electrons. The van der Waals surface area contributed by atoms with Gasteiger partial charge in [0, 0.05) is 37.2 Å². The first-order valence-corrected chi connectivity index (χ1v) is 9.57. The van der Waals surface area contributed by atoms with Gasteiger partial charge in [-0.15, -0.1) is 0 Å². The van der Waals surface area contributed by atoms with E-state index < -0.39 is 17.1 Å². The first-order chi connectivity index (χ1) is 12.5. The molecule has 0 bridgehead atoms. The maximum atomic E-state index is 13.9. The number of hydrazine groups is 1. The predicted octanol–water partition coefficient (Wildman–Crippen LogP) is 0.256. The molecule has 1 aromatic rings. The van der Waals surface area contributed by atoms with E-state index in [4.69, 9.17) is 4.55 Å². The molecule has 2 heterocycles. The second-order valence-electron chi connectivity index (χ2n) is 5.51. The van der Waals surface area contributed by atoms with Crippen LogP contribution in [0.2, 0.25) is 0 Å². The molecule has 3 rings (SSSR count). The molecule has 1 atom stereocenters. The van der Waals surface area contributed by atoms with E-state index in [2.05, 4.69) is 10.3 Å². The molecule has 2 amide bonds. The smallest absolute Gasteiger partial charge is 0.272 e. The molecule has 0 spiro atoms. The number of anilines is 1. The second-order valence-corrected chi connectivity index (χ2v) is 6.88. The molecule has 0 saturated carbocycles. The Labute approximate surface area is 155 Å². The van der Waals surface area contributed by atoms with Crippen molar-refractivity contribution in [2.75, 3.05) is 30.9 Å². The summed E-state index contributed by atoms with van der Waals surface area (Å²) in [5.41, 5.74) is 3.18. The summed E-state index contributed by atoms with van der Waals surface area (Å²) < 4.78 is 35.4. The fourth-order valence-electron chi connectivity index (χ4n) is 2.60. The number of halogens is 1. The summed E-state index contributed by atoms with van der Waals surface area (Å²) in [6.45, 7) is 1.42. The van der Waals surface area contributed by atoms with Crippen molar-refractivity contribution in [1.82, 2.24) is 20.1 Å². The van der Waals surface area contributed by atoms with Crippen LogP contribution in [0.15, 0.2) is 29.3 Å². The molecule has 1 fully saturated rings. The van der Waals surface area contributed by atoms with Gasteiger partial charge in [0.15, 0.2) is 0 Å². The third kappa shape index (κ3) is 4.15. The molecule has 140 valence electrons. The number of carbonyl (C=O) groups is 2. The van der Waals surface area contributed by atoms with Crippen molar-refractivity contribution in [3.05, 3.63) is 40.7 Å². The summed E-state index contributed by atoms with van der Waals surface area (Å²) in [6.07, 6.45) is 0. The number of amides is 2. The summed E-state index contributed by atoms with van der Waals surface area (Å²) in [6, 6.07) is 3.64. The topological polar surface area (TPSA) is 114 Å². The largest absolute Gasteiger partial charge is 0.335 e. The molecule has 1 saturated heterocycles. The van der Waals surface area contributed by atoms with Gasteiger partial charge in [0.2, 0.25) is 0 Å². The van der Waals surface area contributed by atoms with E-state index in [9.17, 15) is 18.2 Å². The van der Waals surface area contributed by atoms with Crippen LogP contribution in [0.1, 0.15) is 10.4 Å². The fourth-order valence-corrected chi connectivity index (χ4v) is 3.46. The van der Waals surface area contributed by atoms with Gasteiger partial charge < -0.3 is 15.2 Å². The Morgan fingerprint density at radius 1 is 1.19 bits per heavy atom. The second kappa shape index (κ2) is 8.03. The van der Waals surface area contributed by atoms with E-state index in [1.807, 2.05) is 4.72 Å². The molecule has 0 aromatic heterocycles. The minimum Gasteiger partial charge on any atom is -0.335 e. The average molecular weight is 401 g/mol. The third-order valence-electron chi connectivity index (χ3n) is 3.92. The van der Waals surface area contributed by atoms with Gasteiger partial charge in [-0.25, -0.2) is 8.60 Å². The molecule has 1 unspecified atom stereocenters. The van der Waals surface area contributed by atoms with Crippen LogP contribution in [-0.4, -0.2) is 56.6 Å². The summed E-state index contributed by atoms with van der Waals surface area (Å²) in [5.74, 6) is -1.30. The Hall–Kier alpha value is -2.15. The minimum atomic E-state index is -2.40. The van der Waals surface area contributed by atoms with Crippen LogP contribution < -0.4 is 15.0 Å². The van der Waals surface area contributed by atoms with Crippen LogP contribution in [0.5, 0.6) is 0 Å². The minimum absolute atomic E-state index is 0.136. The highest BCUT2D eigenvalue weighted by atomic mass is 32.2. The highest BCUT2D eigenvalue weighted by molar-refractivity contribution is 8.00. The number of carbonyl (C=O) groups excluding carboxylic acids is 2. The Balaban J connectivity index is 1.60. The molecule has 9 nitrogen and oxygen atoms in total. The first kappa shape index (κ1) is 18.6. The van der Waals surface area contributed by atoms with Crippen LogP contribution in [0.25, 0.3) is 0 Å². The molecular formula is C14H16FN5O4S2. The predicted molar refractivity (Wildman–Crippen MR) is 95.2 cm³/mol. The lowest BCUT2D eigenvalue weighted by Crippen LogP contribution is -2.51. The first-order valence-electron chi connectivity index (χ1n) is 7.58. The van der Waals surface area contributed by atoms with Crippen molar-refractivity contribution in [2.24, 2.45) is 0 Å². The van der Waals surface area contributed by atoms with Gasteiger partial charge in [0.05, 0.1) is 5.69 Å². The highest BCUT2D eigenvalue weighted by Crippen LogP contribution is 2.19. The van der Waals surface area contributed by atoms with Gasteiger partial charge in [0.1, 0.15) is 11.5 Å². The zero-order valence-electron chi connectivity index (χ0n) is 13.4. The summed E-state index contributed by atoms with van der Waals surface area (Å²) in [5, 5.41) is 1.68. The molecule has 2 aliphatic heterocycles. The molecule has 12 heteroatoms. The number of rotatable bonds is 4. The van der Waals surface area contributed by atoms with Gasteiger partial charge in [-0.05, 0) is 30.1 Å². The number of nitrogens with zero attached hydrogens (tertiary/aromatic N) is 2. The number of nitrogens with one attached hydrogen (secondary N) is 3. The van der Waals surface area contributed by atoms with Crippen molar-refractivity contribution in [2.45, 2.75) is 0 Å². The van der Waals surface area contributed by atoms with Crippen LogP contribution >= 0.6 is 11.9 Å². The Kier molecular flexibility index (Phi) is 5.76. The number of piperazine rings is 1. The average Bonchev–Trinajstić information content (AvgIpc) is 3.16. The molecule has 26 heavy (non-hydrogen) atoms. The molecule has 1 aromatic carbocycles.